The average molecular weight is 526 g/mol. The molecule has 4 rings (SSSR count). The Morgan fingerprint density at radius 3 is 2.43 bits per heavy atom. The van der Waals surface area contributed by atoms with Crippen LogP contribution < -0.4 is 0 Å². The number of hydrogen-bond acceptors (Lipinski definition) is 7. The lowest BCUT2D eigenvalue weighted by molar-refractivity contribution is -0.132. The molecule has 2 fully saturated rings. The van der Waals surface area contributed by atoms with Crippen LogP contribution >= 0.6 is 12.4 Å². The highest BCUT2D eigenvalue weighted by Crippen LogP contribution is 2.22. The number of piperazine rings is 1. The fraction of sp³-hybridized carbons (Fsp3) is 0.625. The lowest BCUT2D eigenvalue weighted by Gasteiger charge is -2.33. The molecule has 0 radical (unpaired) electrons. The molecule has 1 aromatic heterocycles. The van der Waals surface area contributed by atoms with Gasteiger partial charge in [0.1, 0.15) is 0 Å². The van der Waals surface area contributed by atoms with Crippen LogP contribution in [0.5, 0.6) is 0 Å². The summed E-state index contributed by atoms with van der Waals surface area (Å²) in [6, 6.07) is 5.44. The molecule has 0 spiro atoms. The van der Waals surface area contributed by atoms with Crippen molar-refractivity contribution in [1.29, 1.82) is 0 Å². The number of aromatic nitrogens is 2. The zero-order chi connectivity index (χ0) is 24.3. The Balaban J connectivity index is 0.00000342. The molecule has 194 valence electrons. The topological polar surface area (TPSA) is 99.8 Å². The van der Waals surface area contributed by atoms with Crippen molar-refractivity contribution in [3.63, 3.8) is 0 Å². The van der Waals surface area contributed by atoms with Crippen LogP contribution in [-0.2, 0) is 27.8 Å². The lowest BCUT2D eigenvalue weighted by atomic mass is 9.99. The van der Waals surface area contributed by atoms with Gasteiger partial charge in [-0.15, -0.1) is 12.4 Å². The summed E-state index contributed by atoms with van der Waals surface area (Å²) in [7, 11) is -3.51. The standard InChI is InChI=1S/C24H35N5O4S.ClH/c1-18-8-10-28(11-9-18)24(30)7-6-23-25-22(26-33-23)17-27-12-14-29(15-13-27)34(31,32)21-5-4-19(2)16-20(21)3;/h4-5,16,18H,6-15,17H2,1-3H3;1H. The molecule has 0 N–H and O–H groups in total. The van der Waals surface area contributed by atoms with E-state index in [-0.39, 0.29) is 18.3 Å². The molecule has 2 aliphatic heterocycles. The van der Waals surface area contributed by atoms with Crippen LogP contribution in [0.2, 0.25) is 0 Å². The van der Waals surface area contributed by atoms with Gasteiger partial charge in [0, 0.05) is 52.1 Å². The maximum atomic E-state index is 13.1. The highest BCUT2D eigenvalue weighted by atomic mass is 35.5. The number of likely N-dealkylation sites (tertiary alicyclic amines) is 1. The number of sulfonamides is 1. The Morgan fingerprint density at radius 2 is 1.77 bits per heavy atom. The van der Waals surface area contributed by atoms with E-state index < -0.39 is 10.0 Å². The zero-order valence-electron chi connectivity index (χ0n) is 20.8. The largest absolute Gasteiger partial charge is 0.343 e. The van der Waals surface area contributed by atoms with Crippen molar-refractivity contribution >= 4 is 28.3 Å². The third kappa shape index (κ3) is 6.81. The van der Waals surface area contributed by atoms with E-state index in [2.05, 4.69) is 22.0 Å². The third-order valence-corrected chi connectivity index (χ3v) is 8.90. The van der Waals surface area contributed by atoms with Crippen LogP contribution in [0.15, 0.2) is 27.6 Å². The molecule has 0 saturated carbocycles. The first-order valence-electron chi connectivity index (χ1n) is 12.1. The summed E-state index contributed by atoms with van der Waals surface area (Å²) in [6.45, 7) is 10.2. The molecule has 2 saturated heterocycles. The molecule has 9 nitrogen and oxygen atoms in total. The number of halogens is 1. The third-order valence-electron chi connectivity index (χ3n) is 6.84. The number of benzene rings is 1. The van der Waals surface area contributed by atoms with E-state index in [1.54, 1.807) is 10.4 Å². The van der Waals surface area contributed by atoms with Gasteiger partial charge in [-0.05, 0) is 44.2 Å². The first-order valence-corrected chi connectivity index (χ1v) is 13.6. The molecule has 35 heavy (non-hydrogen) atoms. The van der Waals surface area contributed by atoms with Gasteiger partial charge in [0.25, 0.3) is 0 Å². The Morgan fingerprint density at radius 1 is 1.09 bits per heavy atom. The molecule has 1 aromatic carbocycles. The number of aryl methyl sites for hydroxylation is 3. The number of carbonyl (C=O) groups excluding carboxylic acids is 1. The molecule has 1 amide bonds. The predicted octanol–water partition coefficient (Wildman–Crippen LogP) is 2.81. The minimum Gasteiger partial charge on any atom is -0.343 e. The summed E-state index contributed by atoms with van der Waals surface area (Å²) in [5, 5.41) is 4.06. The minimum absolute atomic E-state index is 0. The number of hydrogen-bond donors (Lipinski definition) is 0. The average Bonchev–Trinajstić information content (AvgIpc) is 3.25. The van der Waals surface area contributed by atoms with Crippen LogP contribution in [0, 0.1) is 19.8 Å². The lowest BCUT2D eigenvalue weighted by Crippen LogP contribution is -2.48. The van der Waals surface area contributed by atoms with Crippen molar-refractivity contribution in [2.45, 2.75) is 57.9 Å². The maximum absolute atomic E-state index is 13.1. The molecule has 0 aliphatic carbocycles. The number of piperidine rings is 1. The fourth-order valence-electron chi connectivity index (χ4n) is 4.64. The molecule has 11 heteroatoms. The van der Waals surface area contributed by atoms with Crippen molar-refractivity contribution in [3.05, 3.63) is 41.0 Å². The molecule has 0 unspecified atom stereocenters. The fourth-order valence-corrected chi connectivity index (χ4v) is 6.27. The summed E-state index contributed by atoms with van der Waals surface area (Å²) in [5.74, 6) is 1.88. The Labute approximate surface area is 214 Å². The Hall–Kier alpha value is -2.01. The smallest absolute Gasteiger partial charge is 0.243 e. The molecule has 0 atom stereocenters. The van der Waals surface area contributed by atoms with E-state index in [1.807, 2.05) is 30.9 Å². The molecule has 0 bridgehead atoms. The van der Waals surface area contributed by atoms with Crippen molar-refractivity contribution in [2.75, 3.05) is 39.3 Å². The number of nitrogens with zero attached hydrogens (tertiary/aromatic N) is 5. The second-order valence-corrected chi connectivity index (χ2v) is 11.5. The van der Waals surface area contributed by atoms with Gasteiger partial charge < -0.3 is 9.42 Å². The van der Waals surface area contributed by atoms with Crippen LogP contribution in [0.4, 0.5) is 0 Å². The second kappa shape index (κ2) is 11.8. The van der Waals surface area contributed by atoms with Gasteiger partial charge in [-0.2, -0.15) is 9.29 Å². The number of carbonyl (C=O) groups is 1. The highest BCUT2D eigenvalue weighted by molar-refractivity contribution is 7.89. The number of amides is 1. The normalized spacial score (nSPS) is 18.4. The van der Waals surface area contributed by atoms with E-state index in [0.29, 0.717) is 68.1 Å². The summed E-state index contributed by atoms with van der Waals surface area (Å²) in [6.07, 6.45) is 2.95. The Bertz CT molecular complexity index is 1110. The molecular formula is C24H36ClN5O4S. The van der Waals surface area contributed by atoms with Gasteiger partial charge in [-0.3, -0.25) is 9.69 Å². The van der Waals surface area contributed by atoms with Gasteiger partial charge in [-0.25, -0.2) is 8.42 Å². The maximum Gasteiger partial charge on any atom is 0.243 e. The van der Waals surface area contributed by atoms with E-state index in [4.69, 9.17) is 4.52 Å². The first kappa shape index (κ1) is 27.6. The van der Waals surface area contributed by atoms with Crippen molar-refractivity contribution in [3.8, 4) is 0 Å². The summed E-state index contributed by atoms with van der Waals surface area (Å²) >= 11 is 0. The zero-order valence-corrected chi connectivity index (χ0v) is 22.4. The van der Waals surface area contributed by atoms with E-state index in [0.717, 1.165) is 37.1 Å². The van der Waals surface area contributed by atoms with Gasteiger partial charge in [0.15, 0.2) is 5.82 Å². The highest BCUT2D eigenvalue weighted by Gasteiger charge is 2.30. The number of rotatable bonds is 7. The second-order valence-electron chi connectivity index (χ2n) is 9.62. The van der Waals surface area contributed by atoms with Crippen molar-refractivity contribution < 1.29 is 17.7 Å². The summed E-state index contributed by atoms with van der Waals surface area (Å²) < 4.78 is 33.1. The summed E-state index contributed by atoms with van der Waals surface area (Å²) in [4.78, 5) is 21.3. The van der Waals surface area contributed by atoms with Crippen molar-refractivity contribution in [1.82, 2.24) is 24.2 Å². The van der Waals surface area contributed by atoms with Crippen molar-refractivity contribution in [2.24, 2.45) is 5.92 Å². The predicted molar refractivity (Wildman–Crippen MR) is 135 cm³/mol. The van der Waals surface area contributed by atoms with E-state index in [1.165, 1.54) is 0 Å². The monoisotopic (exact) mass is 525 g/mol. The van der Waals surface area contributed by atoms with E-state index in [9.17, 15) is 13.2 Å². The molecular weight excluding hydrogens is 490 g/mol. The van der Waals surface area contributed by atoms with Crippen LogP contribution in [0.25, 0.3) is 0 Å². The van der Waals surface area contributed by atoms with Gasteiger partial charge in [0.2, 0.25) is 21.8 Å². The summed E-state index contributed by atoms with van der Waals surface area (Å²) in [5.41, 5.74) is 1.82. The molecule has 2 aromatic rings. The van der Waals surface area contributed by atoms with Gasteiger partial charge in [-0.1, -0.05) is 29.8 Å². The van der Waals surface area contributed by atoms with Crippen LogP contribution in [-0.4, -0.2) is 77.8 Å². The minimum atomic E-state index is -3.51. The van der Waals surface area contributed by atoms with Crippen LogP contribution in [0.3, 0.4) is 0 Å². The molecule has 3 heterocycles. The first-order chi connectivity index (χ1) is 16.2. The van der Waals surface area contributed by atoms with Crippen LogP contribution in [0.1, 0.15) is 49.0 Å². The molecule has 2 aliphatic rings. The Kier molecular flexibility index (Phi) is 9.31. The quantitative estimate of drug-likeness (QED) is 0.548. The van der Waals surface area contributed by atoms with Gasteiger partial charge >= 0.3 is 0 Å². The van der Waals surface area contributed by atoms with E-state index >= 15 is 0 Å². The van der Waals surface area contributed by atoms with Gasteiger partial charge in [0.05, 0.1) is 11.4 Å². The SMILES string of the molecule is Cc1ccc(S(=O)(=O)N2CCN(Cc3noc(CCC(=O)N4CCC(C)CC4)n3)CC2)c(C)c1.Cl.